The van der Waals surface area contributed by atoms with Gasteiger partial charge in [0.25, 0.3) is 0 Å². The quantitative estimate of drug-likeness (QED) is 0.250. The summed E-state index contributed by atoms with van der Waals surface area (Å²) >= 11 is 0. The fraction of sp³-hybridized carbons (Fsp3) is 0.792. The lowest BCUT2D eigenvalue weighted by Gasteiger charge is -2.42. The maximum atomic E-state index is 12.1. The summed E-state index contributed by atoms with van der Waals surface area (Å²) in [6.07, 6.45) is -8.41. The van der Waals surface area contributed by atoms with E-state index >= 15 is 0 Å². The summed E-state index contributed by atoms with van der Waals surface area (Å²) < 4.78 is 22.0. The number of carbonyl (C=O) groups excluding carboxylic acids is 1. The molecule has 0 aromatic rings. The van der Waals surface area contributed by atoms with E-state index in [1.807, 2.05) is 6.08 Å². The van der Waals surface area contributed by atoms with E-state index in [1.165, 1.54) is 0 Å². The topological polar surface area (TPSA) is 175 Å². The van der Waals surface area contributed by atoms with E-state index < -0.39 is 61.4 Å². The minimum absolute atomic E-state index is 0.109. The fourth-order valence-electron chi connectivity index (χ4n) is 4.53. The standard InChI is InChI=1S/C24H38O11/c1-11(5-6-13-12(2)14(25)7-8-24(13,3)4)34-23-21(31)19(29)18(28)16(35-23)10-33-22-20(30)17(27)15(26)9-32-22/h5-6,11,15-23,26-31H,7-10H2,1-4H3/b6-5+/t11-,15-,16-,17+,18-,19+,20-,21-,22+,23-/m1/s1. The van der Waals surface area contributed by atoms with E-state index in [4.69, 9.17) is 18.9 Å². The van der Waals surface area contributed by atoms with Crippen LogP contribution in [0.2, 0.25) is 0 Å². The Morgan fingerprint density at radius 2 is 1.69 bits per heavy atom. The van der Waals surface area contributed by atoms with Gasteiger partial charge in [0.15, 0.2) is 18.4 Å². The maximum Gasteiger partial charge on any atom is 0.187 e. The lowest BCUT2D eigenvalue weighted by atomic mass is 9.72. The van der Waals surface area contributed by atoms with Gasteiger partial charge in [-0.1, -0.05) is 26.0 Å². The largest absolute Gasteiger partial charge is 0.388 e. The summed E-state index contributed by atoms with van der Waals surface area (Å²) in [6, 6.07) is 0. The van der Waals surface area contributed by atoms with Gasteiger partial charge in [-0.05, 0) is 36.8 Å². The van der Waals surface area contributed by atoms with Crippen LogP contribution in [0.3, 0.4) is 0 Å². The number of hydrogen-bond acceptors (Lipinski definition) is 11. The molecule has 0 aromatic carbocycles. The first-order valence-electron chi connectivity index (χ1n) is 11.9. The number of ether oxygens (including phenoxy) is 4. The highest BCUT2D eigenvalue weighted by Gasteiger charge is 2.46. The van der Waals surface area contributed by atoms with Crippen LogP contribution >= 0.6 is 0 Å². The van der Waals surface area contributed by atoms with Gasteiger partial charge in [0.2, 0.25) is 0 Å². The zero-order chi connectivity index (χ0) is 26.1. The van der Waals surface area contributed by atoms with E-state index in [2.05, 4.69) is 13.8 Å². The van der Waals surface area contributed by atoms with Gasteiger partial charge in [0, 0.05) is 6.42 Å². The second kappa shape index (κ2) is 11.4. The van der Waals surface area contributed by atoms with Crippen LogP contribution in [0.25, 0.3) is 0 Å². The lowest BCUT2D eigenvalue weighted by Crippen LogP contribution is -2.60. The Bertz CT molecular complexity index is 809. The maximum absolute atomic E-state index is 12.1. The summed E-state index contributed by atoms with van der Waals surface area (Å²) in [7, 11) is 0. The van der Waals surface area contributed by atoms with Gasteiger partial charge >= 0.3 is 0 Å². The van der Waals surface area contributed by atoms with Crippen LogP contribution in [0.15, 0.2) is 23.3 Å². The second-order valence-electron chi connectivity index (χ2n) is 10.1. The van der Waals surface area contributed by atoms with Crippen LogP contribution in [-0.4, -0.2) is 111 Å². The first-order chi connectivity index (χ1) is 16.3. The van der Waals surface area contributed by atoms with Gasteiger partial charge < -0.3 is 49.6 Å². The summed E-state index contributed by atoms with van der Waals surface area (Å²) in [6.45, 7) is 7.03. The molecule has 6 N–H and O–H groups in total. The number of ketones is 1. The molecule has 2 aliphatic heterocycles. The number of allylic oxidation sites excluding steroid dienone is 3. The van der Waals surface area contributed by atoms with Gasteiger partial charge in [-0.2, -0.15) is 0 Å². The van der Waals surface area contributed by atoms with Crippen molar-refractivity contribution in [1.82, 2.24) is 0 Å². The first kappa shape index (κ1) is 28.3. The number of rotatable bonds is 7. The molecule has 3 aliphatic rings. The Hall–Kier alpha value is -1.25. The third kappa shape index (κ3) is 6.37. The molecule has 200 valence electrons. The number of aliphatic hydroxyl groups excluding tert-OH is 6. The van der Waals surface area contributed by atoms with Crippen LogP contribution in [0.5, 0.6) is 0 Å². The Morgan fingerprint density at radius 3 is 2.37 bits per heavy atom. The van der Waals surface area contributed by atoms with Crippen molar-refractivity contribution in [1.29, 1.82) is 0 Å². The molecule has 2 heterocycles. The molecule has 0 radical (unpaired) electrons. The molecule has 0 unspecified atom stereocenters. The van der Waals surface area contributed by atoms with Crippen molar-refractivity contribution in [2.45, 2.75) is 102 Å². The van der Waals surface area contributed by atoms with Crippen LogP contribution in [0.1, 0.15) is 40.5 Å². The highest BCUT2D eigenvalue weighted by atomic mass is 16.7. The van der Waals surface area contributed by atoms with Crippen molar-refractivity contribution in [3.05, 3.63) is 23.3 Å². The summed E-state index contributed by atoms with van der Waals surface area (Å²) in [5.41, 5.74) is 1.45. The minimum atomic E-state index is -1.59. The van der Waals surface area contributed by atoms with Crippen LogP contribution in [0, 0.1) is 5.41 Å². The molecule has 1 aliphatic carbocycles. The van der Waals surface area contributed by atoms with E-state index in [-0.39, 0.29) is 24.4 Å². The molecule has 35 heavy (non-hydrogen) atoms. The predicted molar refractivity (Wildman–Crippen MR) is 121 cm³/mol. The van der Waals surface area contributed by atoms with Crippen LogP contribution < -0.4 is 0 Å². The van der Waals surface area contributed by atoms with Crippen LogP contribution in [-0.2, 0) is 23.7 Å². The molecule has 2 saturated heterocycles. The first-order valence-corrected chi connectivity index (χ1v) is 11.9. The van der Waals surface area contributed by atoms with E-state index in [9.17, 15) is 35.4 Å². The average Bonchev–Trinajstić information content (AvgIpc) is 2.80. The molecule has 11 heteroatoms. The molecule has 10 atom stereocenters. The van der Waals surface area contributed by atoms with Crippen molar-refractivity contribution in [3.8, 4) is 0 Å². The van der Waals surface area contributed by atoms with E-state index in [0.29, 0.717) is 12.0 Å². The summed E-state index contributed by atoms with van der Waals surface area (Å²) in [5.74, 6) is 0.109. The number of carbonyl (C=O) groups is 1. The average molecular weight is 503 g/mol. The Balaban J connectivity index is 1.62. The predicted octanol–water partition coefficient (Wildman–Crippen LogP) is -1.08. The summed E-state index contributed by atoms with van der Waals surface area (Å²) in [5, 5.41) is 60.3. The van der Waals surface area contributed by atoms with Gasteiger partial charge in [-0.3, -0.25) is 4.79 Å². The van der Waals surface area contributed by atoms with Gasteiger partial charge in [0.05, 0.1) is 19.3 Å². The molecule has 0 bridgehead atoms. The molecular formula is C24H38O11. The van der Waals surface area contributed by atoms with Crippen molar-refractivity contribution in [3.63, 3.8) is 0 Å². The Labute approximate surface area is 204 Å². The van der Waals surface area contributed by atoms with Crippen molar-refractivity contribution in [2.75, 3.05) is 13.2 Å². The van der Waals surface area contributed by atoms with Crippen molar-refractivity contribution in [2.24, 2.45) is 5.41 Å². The monoisotopic (exact) mass is 502 g/mol. The molecule has 0 amide bonds. The number of hydrogen-bond donors (Lipinski definition) is 6. The van der Waals surface area contributed by atoms with E-state index in [0.717, 1.165) is 12.0 Å². The van der Waals surface area contributed by atoms with Crippen molar-refractivity contribution >= 4 is 5.78 Å². The highest BCUT2D eigenvalue weighted by Crippen LogP contribution is 2.39. The zero-order valence-electron chi connectivity index (χ0n) is 20.5. The van der Waals surface area contributed by atoms with Crippen LogP contribution in [0.4, 0.5) is 0 Å². The minimum Gasteiger partial charge on any atom is -0.388 e. The lowest BCUT2D eigenvalue weighted by molar-refractivity contribution is -0.324. The van der Waals surface area contributed by atoms with Gasteiger partial charge in [-0.25, -0.2) is 0 Å². The van der Waals surface area contributed by atoms with E-state index in [1.54, 1.807) is 19.9 Å². The second-order valence-corrected chi connectivity index (χ2v) is 10.1. The molecule has 0 saturated carbocycles. The zero-order valence-corrected chi connectivity index (χ0v) is 20.5. The highest BCUT2D eigenvalue weighted by molar-refractivity contribution is 5.97. The summed E-state index contributed by atoms with van der Waals surface area (Å²) in [4.78, 5) is 12.1. The normalized spacial score (nSPS) is 41.4. The Morgan fingerprint density at radius 1 is 1.03 bits per heavy atom. The van der Waals surface area contributed by atoms with Gasteiger partial charge in [-0.15, -0.1) is 0 Å². The molecule has 3 rings (SSSR count). The SMILES string of the molecule is CC1=C(/C=C/[C@@H](C)O[C@@H]2O[C@H](CO[C@@H]3OC[C@@H](O)[C@H](O)[C@H]3O)[C@@H](O)[C@H](O)[C@H]2O)C(C)(C)CCC1=O. The molecule has 11 nitrogen and oxygen atoms in total. The number of aliphatic hydroxyl groups is 6. The molecule has 2 fully saturated rings. The van der Waals surface area contributed by atoms with Crippen molar-refractivity contribution < 1.29 is 54.4 Å². The molecule has 0 aromatic heterocycles. The van der Waals surface area contributed by atoms with Gasteiger partial charge in [0.1, 0.15) is 42.7 Å². The third-order valence-corrected chi connectivity index (χ3v) is 6.96. The smallest absolute Gasteiger partial charge is 0.187 e. The Kier molecular flexibility index (Phi) is 9.25. The fourth-order valence-corrected chi connectivity index (χ4v) is 4.53. The molecule has 0 spiro atoms. The molecular weight excluding hydrogens is 464 g/mol. The third-order valence-electron chi connectivity index (χ3n) is 6.96. The number of Topliss-reactive ketones (excluding diaryl/α,β-unsaturated/α-hetero) is 1.